The number of carbonyl (C=O) groups is 2. The van der Waals surface area contributed by atoms with Gasteiger partial charge < -0.3 is 35.0 Å². The van der Waals surface area contributed by atoms with Gasteiger partial charge in [-0.2, -0.15) is 0 Å². The first-order chi connectivity index (χ1) is 11.5. The first-order valence-corrected chi connectivity index (χ1v) is 8.06. The molecular formula is C14H18Cl2O9. The maximum atomic E-state index is 12.3. The van der Waals surface area contributed by atoms with Crippen LogP contribution in [0.2, 0.25) is 0 Å². The Kier molecular flexibility index (Phi) is 5.99. The van der Waals surface area contributed by atoms with Crippen LogP contribution in [0.3, 0.4) is 0 Å². The fourth-order valence-electron chi connectivity index (χ4n) is 2.98. The molecular weight excluding hydrogens is 383 g/mol. The van der Waals surface area contributed by atoms with Crippen LogP contribution in [-0.4, -0.2) is 74.8 Å². The molecule has 1 heterocycles. The van der Waals surface area contributed by atoms with Gasteiger partial charge in [-0.3, -0.25) is 4.79 Å². The van der Waals surface area contributed by atoms with Crippen LogP contribution in [0, 0.1) is 17.3 Å². The Morgan fingerprint density at radius 2 is 1.80 bits per heavy atom. The zero-order chi connectivity index (χ0) is 19.1. The molecule has 0 spiro atoms. The molecule has 0 amide bonds. The highest BCUT2D eigenvalue weighted by atomic mass is 35.5. The molecule has 3 unspecified atom stereocenters. The number of allylic oxidation sites excluding steroid dienone is 1. The molecule has 1 saturated heterocycles. The number of carboxylic acid groups (broad SMARTS) is 1. The Morgan fingerprint density at radius 3 is 2.28 bits per heavy atom. The molecule has 25 heavy (non-hydrogen) atoms. The Labute approximate surface area is 152 Å². The molecule has 1 saturated carbocycles. The molecule has 0 aromatic heterocycles. The number of aliphatic hydroxyl groups is 4. The summed E-state index contributed by atoms with van der Waals surface area (Å²) in [5.41, 5.74) is -0.893. The van der Waals surface area contributed by atoms with Crippen molar-refractivity contribution in [3.63, 3.8) is 0 Å². The van der Waals surface area contributed by atoms with Crippen LogP contribution in [0.5, 0.6) is 0 Å². The number of aliphatic hydroxyl groups excluding tert-OH is 4. The molecule has 2 rings (SSSR count). The van der Waals surface area contributed by atoms with E-state index in [1.54, 1.807) is 6.92 Å². The van der Waals surface area contributed by atoms with Crippen LogP contribution in [0.4, 0.5) is 0 Å². The van der Waals surface area contributed by atoms with E-state index in [0.29, 0.717) is 0 Å². The molecule has 8 atom stereocenters. The molecule has 0 bridgehead atoms. The first kappa shape index (κ1) is 20.4. The van der Waals surface area contributed by atoms with Crippen molar-refractivity contribution >= 4 is 35.1 Å². The third-order valence-electron chi connectivity index (χ3n) is 4.67. The highest BCUT2D eigenvalue weighted by Gasteiger charge is 2.65. The summed E-state index contributed by atoms with van der Waals surface area (Å²) in [5, 5.41) is 47.6. The van der Waals surface area contributed by atoms with E-state index in [0.717, 1.165) is 0 Å². The number of rotatable bonds is 5. The van der Waals surface area contributed by atoms with Crippen molar-refractivity contribution in [1.82, 2.24) is 0 Å². The van der Waals surface area contributed by atoms with Crippen LogP contribution in [-0.2, 0) is 19.1 Å². The number of aliphatic carboxylic acids is 1. The SMILES string of the molecule is CC1(CO)C(C=C(Cl)Cl)C1C(=O)O[C@@H]1O[C@H](C(=O)O)[C@@H](O)[C@H](O)[C@H]1O. The van der Waals surface area contributed by atoms with Crippen LogP contribution in [0.1, 0.15) is 6.92 Å². The third-order valence-corrected chi connectivity index (χ3v) is 4.92. The van der Waals surface area contributed by atoms with Gasteiger partial charge in [0.2, 0.25) is 6.29 Å². The van der Waals surface area contributed by atoms with E-state index in [1.165, 1.54) is 6.08 Å². The molecule has 1 aliphatic carbocycles. The lowest BCUT2D eigenvalue weighted by atomic mass is 9.99. The van der Waals surface area contributed by atoms with Crippen LogP contribution in [0.25, 0.3) is 0 Å². The zero-order valence-corrected chi connectivity index (χ0v) is 14.5. The molecule has 142 valence electrons. The average Bonchev–Trinajstić information content (AvgIpc) is 3.11. The monoisotopic (exact) mass is 400 g/mol. The maximum Gasteiger partial charge on any atom is 0.335 e. The molecule has 0 radical (unpaired) electrons. The topological polar surface area (TPSA) is 154 Å². The number of hydrogen-bond donors (Lipinski definition) is 5. The second kappa shape index (κ2) is 7.36. The number of esters is 1. The van der Waals surface area contributed by atoms with Gasteiger partial charge in [0.15, 0.2) is 6.10 Å². The second-order valence-corrected chi connectivity index (χ2v) is 7.30. The largest absolute Gasteiger partial charge is 0.479 e. The number of ether oxygens (including phenoxy) is 2. The zero-order valence-electron chi connectivity index (χ0n) is 13.0. The fourth-order valence-corrected chi connectivity index (χ4v) is 3.25. The van der Waals surface area contributed by atoms with Gasteiger partial charge in [-0.15, -0.1) is 0 Å². The minimum Gasteiger partial charge on any atom is -0.479 e. The van der Waals surface area contributed by atoms with Crippen LogP contribution >= 0.6 is 23.2 Å². The fraction of sp³-hybridized carbons (Fsp3) is 0.714. The van der Waals surface area contributed by atoms with Gasteiger partial charge in [-0.1, -0.05) is 30.1 Å². The number of carboxylic acids is 1. The molecule has 5 N–H and O–H groups in total. The lowest BCUT2D eigenvalue weighted by Gasteiger charge is -2.38. The average molecular weight is 401 g/mol. The van der Waals surface area contributed by atoms with Gasteiger partial charge in [-0.25, -0.2) is 4.79 Å². The molecule has 9 nitrogen and oxygen atoms in total. The first-order valence-electron chi connectivity index (χ1n) is 7.31. The van der Waals surface area contributed by atoms with E-state index in [4.69, 9.17) is 37.8 Å². The van der Waals surface area contributed by atoms with Crippen molar-refractivity contribution in [3.05, 3.63) is 10.6 Å². The van der Waals surface area contributed by atoms with Crippen molar-refractivity contribution in [2.45, 2.75) is 37.6 Å². The van der Waals surface area contributed by atoms with Gasteiger partial charge in [0.25, 0.3) is 0 Å². The molecule has 2 fully saturated rings. The van der Waals surface area contributed by atoms with Gasteiger partial charge in [-0.05, 0) is 6.08 Å². The third kappa shape index (κ3) is 3.77. The summed E-state index contributed by atoms with van der Waals surface area (Å²) in [6.45, 7) is 1.22. The Morgan fingerprint density at radius 1 is 1.20 bits per heavy atom. The van der Waals surface area contributed by atoms with Crippen molar-refractivity contribution in [3.8, 4) is 0 Å². The predicted octanol–water partition coefficient (Wildman–Crippen LogP) is -1.01. The van der Waals surface area contributed by atoms with Crippen molar-refractivity contribution in [2.75, 3.05) is 6.61 Å². The number of carbonyl (C=O) groups excluding carboxylic acids is 1. The van der Waals surface area contributed by atoms with E-state index in [9.17, 15) is 30.0 Å². The summed E-state index contributed by atoms with van der Waals surface area (Å²) >= 11 is 11.1. The molecule has 1 aliphatic heterocycles. The van der Waals surface area contributed by atoms with Gasteiger partial charge in [0.1, 0.15) is 22.8 Å². The quantitative estimate of drug-likeness (QED) is 0.365. The molecule has 2 aliphatic rings. The standard InChI is InChI=1S/C14H18Cl2O9/c1-14(3-17)4(2-5(15)16)6(14)12(23)25-13-9(20)7(18)8(19)10(24-13)11(21)22/h2,4,6-10,13,17-20H,3H2,1H3,(H,21,22)/t4?,6?,7-,8-,9+,10-,13-,14?/m0/s1. The highest BCUT2D eigenvalue weighted by molar-refractivity contribution is 6.55. The van der Waals surface area contributed by atoms with Crippen molar-refractivity contribution < 1.29 is 44.6 Å². The van der Waals surface area contributed by atoms with Crippen molar-refractivity contribution in [2.24, 2.45) is 17.3 Å². The van der Waals surface area contributed by atoms with E-state index in [-0.39, 0.29) is 11.1 Å². The van der Waals surface area contributed by atoms with E-state index in [1.807, 2.05) is 0 Å². The van der Waals surface area contributed by atoms with Gasteiger partial charge in [0.05, 0.1) is 5.92 Å². The Bertz CT molecular complexity index is 579. The number of halogens is 2. The van der Waals surface area contributed by atoms with Gasteiger partial charge in [0, 0.05) is 17.9 Å². The van der Waals surface area contributed by atoms with E-state index in [2.05, 4.69) is 0 Å². The summed E-state index contributed by atoms with van der Waals surface area (Å²) in [6.07, 6.45) is -7.94. The summed E-state index contributed by atoms with van der Waals surface area (Å²) in [6, 6.07) is 0. The van der Waals surface area contributed by atoms with Crippen LogP contribution in [0.15, 0.2) is 10.6 Å². The summed E-state index contributed by atoms with van der Waals surface area (Å²) in [4.78, 5) is 23.3. The minimum atomic E-state index is -1.89. The molecule has 11 heteroatoms. The predicted molar refractivity (Wildman–Crippen MR) is 82.4 cm³/mol. The normalized spacial score (nSPS) is 43.2. The summed E-state index contributed by atoms with van der Waals surface area (Å²) in [7, 11) is 0. The van der Waals surface area contributed by atoms with E-state index < -0.39 is 59.9 Å². The smallest absolute Gasteiger partial charge is 0.335 e. The number of hydrogen-bond acceptors (Lipinski definition) is 8. The molecule has 0 aromatic rings. The summed E-state index contributed by atoms with van der Waals surface area (Å²) in [5.74, 6) is -3.88. The van der Waals surface area contributed by atoms with Crippen LogP contribution < -0.4 is 0 Å². The Balaban J connectivity index is 2.11. The van der Waals surface area contributed by atoms with E-state index >= 15 is 0 Å². The minimum absolute atomic E-state index is 0.0987. The maximum absolute atomic E-state index is 12.3. The lowest BCUT2D eigenvalue weighted by Crippen LogP contribution is -2.60. The molecule has 0 aromatic carbocycles. The summed E-state index contributed by atoms with van der Waals surface area (Å²) < 4.78 is 9.74. The Hall–Kier alpha value is -0.940. The second-order valence-electron chi connectivity index (χ2n) is 6.30. The lowest BCUT2D eigenvalue weighted by molar-refractivity contribution is -0.287. The highest BCUT2D eigenvalue weighted by Crippen LogP contribution is 2.60. The van der Waals surface area contributed by atoms with Gasteiger partial charge >= 0.3 is 11.9 Å². The van der Waals surface area contributed by atoms with Crippen molar-refractivity contribution in [1.29, 1.82) is 0 Å².